The minimum Gasteiger partial charge on any atom is -0.381 e. The number of anilines is 1. The van der Waals surface area contributed by atoms with Gasteiger partial charge < -0.3 is 5.32 Å². The number of hydrogen-bond acceptors (Lipinski definition) is 1. The monoisotopic (exact) mass is 499 g/mol. The maximum absolute atomic E-state index is 6.17. The molecule has 18 heavy (non-hydrogen) atoms. The van der Waals surface area contributed by atoms with Gasteiger partial charge in [0.25, 0.3) is 0 Å². The van der Waals surface area contributed by atoms with Crippen molar-refractivity contribution in [2.45, 2.75) is 6.54 Å². The second-order valence-corrected chi connectivity index (χ2v) is 7.06. The van der Waals surface area contributed by atoms with Crippen LogP contribution in [0.4, 0.5) is 5.69 Å². The predicted molar refractivity (Wildman–Crippen MR) is 93.3 cm³/mol. The van der Waals surface area contributed by atoms with Crippen LogP contribution in [0.1, 0.15) is 5.56 Å². The van der Waals surface area contributed by atoms with Gasteiger partial charge in [0.1, 0.15) is 0 Å². The minimum absolute atomic E-state index is 0.707. The van der Waals surface area contributed by atoms with Gasteiger partial charge in [-0.3, -0.25) is 0 Å². The Kier molecular flexibility index (Phi) is 5.35. The summed E-state index contributed by atoms with van der Waals surface area (Å²) in [5.74, 6) is 0. The van der Waals surface area contributed by atoms with Crippen LogP contribution in [0.25, 0.3) is 0 Å². The minimum atomic E-state index is 0.707. The van der Waals surface area contributed by atoms with Crippen LogP contribution in [0.2, 0.25) is 5.02 Å². The van der Waals surface area contributed by atoms with Gasteiger partial charge in [-0.15, -0.1) is 0 Å². The highest BCUT2D eigenvalue weighted by atomic mass is 127. The Morgan fingerprint density at radius 1 is 1.11 bits per heavy atom. The van der Waals surface area contributed by atoms with Crippen LogP contribution in [-0.4, -0.2) is 0 Å². The largest absolute Gasteiger partial charge is 0.381 e. The molecule has 2 rings (SSSR count). The van der Waals surface area contributed by atoms with E-state index in [9.17, 15) is 0 Å². The molecule has 0 saturated carbocycles. The number of benzene rings is 2. The van der Waals surface area contributed by atoms with E-state index in [4.69, 9.17) is 11.6 Å². The molecule has 0 fully saturated rings. The molecule has 0 amide bonds. The van der Waals surface area contributed by atoms with Crippen LogP contribution < -0.4 is 5.32 Å². The van der Waals surface area contributed by atoms with Crippen LogP contribution >= 0.6 is 66.1 Å². The molecule has 2 aromatic carbocycles. The number of hydrogen-bond donors (Lipinski definition) is 1. The van der Waals surface area contributed by atoms with Crippen molar-refractivity contribution in [3.8, 4) is 0 Å². The van der Waals surface area contributed by atoms with E-state index in [1.54, 1.807) is 0 Å². The number of halogens is 4. The number of rotatable bonds is 3. The summed E-state index contributed by atoms with van der Waals surface area (Å²) in [5.41, 5.74) is 2.15. The molecule has 0 spiro atoms. The fourth-order valence-electron chi connectivity index (χ4n) is 1.47. The Balaban J connectivity index is 2.09. The van der Waals surface area contributed by atoms with E-state index in [2.05, 4.69) is 78.0 Å². The summed E-state index contributed by atoms with van der Waals surface area (Å²) < 4.78 is 3.28. The van der Waals surface area contributed by atoms with Gasteiger partial charge >= 0.3 is 0 Å². The van der Waals surface area contributed by atoms with Crippen molar-refractivity contribution >= 4 is 71.7 Å². The molecule has 0 saturated heterocycles. The van der Waals surface area contributed by atoms with Crippen LogP contribution in [-0.2, 0) is 6.54 Å². The molecule has 5 heteroatoms. The molecule has 0 aliphatic carbocycles. The van der Waals surface area contributed by atoms with Gasteiger partial charge in [0.05, 0.1) is 0 Å². The maximum Gasteiger partial charge on any atom is 0.0467 e. The third kappa shape index (κ3) is 3.85. The SMILES string of the molecule is Clc1cc(Br)ccc1CNc1ccc(I)c(Br)c1. The van der Waals surface area contributed by atoms with Crippen LogP contribution in [0.15, 0.2) is 45.3 Å². The second-order valence-electron chi connectivity index (χ2n) is 3.72. The van der Waals surface area contributed by atoms with Gasteiger partial charge in [-0.1, -0.05) is 33.6 Å². The Morgan fingerprint density at radius 2 is 1.89 bits per heavy atom. The lowest BCUT2D eigenvalue weighted by Gasteiger charge is -2.09. The summed E-state index contributed by atoms with van der Waals surface area (Å²) in [6.07, 6.45) is 0. The summed E-state index contributed by atoms with van der Waals surface area (Å²) in [6.45, 7) is 0.707. The topological polar surface area (TPSA) is 12.0 Å². The van der Waals surface area contributed by atoms with Crippen LogP contribution in [0.3, 0.4) is 0 Å². The van der Waals surface area contributed by atoms with E-state index < -0.39 is 0 Å². The lowest BCUT2D eigenvalue weighted by atomic mass is 10.2. The molecule has 0 unspecified atom stereocenters. The molecule has 0 atom stereocenters. The molecule has 1 nitrogen and oxygen atoms in total. The summed E-state index contributed by atoms with van der Waals surface area (Å²) in [4.78, 5) is 0. The zero-order valence-corrected chi connectivity index (χ0v) is 15.3. The lowest BCUT2D eigenvalue weighted by molar-refractivity contribution is 1.15. The average Bonchev–Trinajstić information content (AvgIpc) is 2.32. The zero-order valence-electron chi connectivity index (χ0n) is 9.18. The van der Waals surface area contributed by atoms with Gasteiger partial charge in [0, 0.05) is 29.8 Å². The van der Waals surface area contributed by atoms with E-state index in [1.807, 2.05) is 18.2 Å². The standard InChI is InChI=1S/C13H9Br2ClIN/c14-9-2-1-8(12(16)5-9)7-18-10-3-4-13(17)11(15)6-10/h1-6,18H,7H2. The summed E-state index contributed by atoms with van der Waals surface area (Å²) in [5, 5.41) is 4.12. The van der Waals surface area contributed by atoms with E-state index in [1.165, 1.54) is 3.57 Å². The van der Waals surface area contributed by atoms with Crippen molar-refractivity contribution in [2.24, 2.45) is 0 Å². The van der Waals surface area contributed by atoms with Crippen molar-refractivity contribution in [3.05, 3.63) is 59.5 Å². The van der Waals surface area contributed by atoms with E-state index in [-0.39, 0.29) is 0 Å². The molecular weight excluding hydrogens is 492 g/mol. The molecule has 0 aliphatic rings. The van der Waals surface area contributed by atoms with Gasteiger partial charge in [0.15, 0.2) is 0 Å². The third-order valence-corrected chi connectivity index (χ3v) is 5.60. The quantitative estimate of drug-likeness (QED) is 0.503. The van der Waals surface area contributed by atoms with Crippen LogP contribution in [0, 0.1) is 3.57 Å². The first-order chi connectivity index (χ1) is 8.56. The first kappa shape index (κ1) is 14.6. The van der Waals surface area contributed by atoms with Gasteiger partial charge in [-0.05, 0) is 74.4 Å². The Hall–Kier alpha value is 0.220. The van der Waals surface area contributed by atoms with Gasteiger partial charge in [-0.2, -0.15) is 0 Å². The summed E-state index contributed by atoms with van der Waals surface area (Å²) in [6, 6.07) is 12.1. The molecular formula is C13H9Br2ClIN. The van der Waals surface area contributed by atoms with Crippen molar-refractivity contribution in [2.75, 3.05) is 5.32 Å². The maximum atomic E-state index is 6.17. The summed E-state index contributed by atoms with van der Waals surface area (Å²) >= 11 is 15.4. The smallest absolute Gasteiger partial charge is 0.0467 e. The Morgan fingerprint density at radius 3 is 2.56 bits per heavy atom. The molecule has 0 heterocycles. The first-order valence-electron chi connectivity index (χ1n) is 5.19. The zero-order chi connectivity index (χ0) is 13.1. The van der Waals surface area contributed by atoms with Crippen molar-refractivity contribution in [1.29, 1.82) is 0 Å². The Bertz CT molecular complexity index is 575. The molecule has 2 aromatic rings. The average molecular weight is 501 g/mol. The van der Waals surface area contributed by atoms with Gasteiger partial charge in [-0.25, -0.2) is 0 Å². The lowest BCUT2D eigenvalue weighted by Crippen LogP contribution is -2.00. The van der Waals surface area contributed by atoms with E-state index in [0.29, 0.717) is 6.54 Å². The van der Waals surface area contributed by atoms with Crippen molar-refractivity contribution in [3.63, 3.8) is 0 Å². The molecule has 1 N–H and O–H groups in total. The predicted octanol–water partition coefficient (Wildman–Crippen LogP) is 6.08. The fraction of sp³-hybridized carbons (Fsp3) is 0.0769. The Labute approximate surface area is 142 Å². The fourth-order valence-corrected chi connectivity index (χ4v) is 2.92. The molecule has 0 aromatic heterocycles. The summed E-state index contributed by atoms with van der Waals surface area (Å²) in [7, 11) is 0. The highest BCUT2D eigenvalue weighted by Crippen LogP contribution is 2.25. The highest BCUT2D eigenvalue weighted by Gasteiger charge is 2.02. The second kappa shape index (κ2) is 6.59. The van der Waals surface area contributed by atoms with Crippen molar-refractivity contribution < 1.29 is 0 Å². The van der Waals surface area contributed by atoms with Crippen LogP contribution in [0.5, 0.6) is 0 Å². The number of nitrogens with one attached hydrogen (secondary N) is 1. The van der Waals surface area contributed by atoms with E-state index in [0.717, 1.165) is 25.2 Å². The molecule has 94 valence electrons. The van der Waals surface area contributed by atoms with Gasteiger partial charge in [0.2, 0.25) is 0 Å². The molecule has 0 bridgehead atoms. The van der Waals surface area contributed by atoms with Crippen molar-refractivity contribution in [1.82, 2.24) is 0 Å². The van der Waals surface area contributed by atoms with E-state index >= 15 is 0 Å². The normalized spacial score (nSPS) is 10.4. The third-order valence-electron chi connectivity index (χ3n) is 2.42. The first-order valence-corrected chi connectivity index (χ1v) is 8.23. The molecule has 0 radical (unpaired) electrons. The highest BCUT2D eigenvalue weighted by molar-refractivity contribution is 14.1. The molecule has 0 aliphatic heterocycles.